The number of hydrogen-bond acceptors (Lipinski definition) is 3. The zero-order valence-electron chi connectivity index (χ0n) is 6.17. The van der Waals surface area contributed by atoms with Crippen LogP contribution in [0.25, 0.3) is 0 Å². The van der Waals surface area contributed by atoms with Crippen LogP contribution in [0.5, 0.6) is 0 Å². The summed E-state index contributed by atoms with van der Waals surface area (Å²) in [7, 11) is 0. The van der Waals surface area contributed by atoms with Gasteiger partial charge in [0, 0.05) is 6.04 Å². The molecule has 0 aromatic carbocycles. The van der Waals surface area contributed by atoms with Gasteiger partial charge >= 0.3 is 0 Å². The van der Waals surface area contributed by atoms with E-state index in [0.29, 0.717) is 12.5 Å². The minimum Gasteiger partial charge on any atom is -0.463 e. The Hall–Kier alpha value is -0.570. The first-order valence-electron chi connectivity index (χ1n) is 3.67. The quantitative estimate of drug-likeness (QED) is 0.577. The molecule has 3 nitrogen and oxygen atoms in total. The summed E-state index contributed by atoms with van der Waals surface area (Å²) in [5.74, 6) is 0. The summed E-state index contributed by atoms with van der Waals surface area (Å²) in [5, 5.41) is 3.26. The molecule has 1 fully saturated rings. The fourth-order valence-electron chi connectivity index (χ4n) is 1.29. The van der Waals surface area contributed by atoms with Gasteiger partial charge in [-0.05, 0) is 26.3 Å². The van der Waals surface area contributed by atoms with Crippen LogP contribution in [0.4, 0.5) is 0 Å². The average Bonchev–Trinajstić information content (AvgIpc) is 2.38. The Kier molecular flexibility index (Phi) is 2.68. The van der Waals surface area contributed by atoms with Gasteiger partial charge in [-0.3, -0.25) is 4.79 Å². The zero-order chi connectivity index (χ0) is 7.40. The van der Waals surface area contributed by atoms with Crippen LogP contribution in [-0.4, -0.2) is 25.2 Å². The maximum atomic E-state index is 9.92. The van der Waals surface area contributed by atoms with Crippen molar-refractivity contribution in [2.75, 3.05) is 6.54 Å². The molecule has 1 aliphatic heterocycles. The Morgan fingerprint density at radius 1 is 1.80 bits per heavy atom. The number of carbonyl (C=O) groups excluding carboxylic acids is 1. The maximum absolute atomic E-state index is 9.92. The van der Waals surface area contributed by atoms with Crippen LogP contribution < -0.4 is 5.32 Å². The van der Waals surface area contributed by atoms with Gasteiger partial charge in [0.2, 0.25) is 0 Å². The fraction of sp³-hybridized carbons (Fsp3) is 0.857. The number of rotatable bonds is 3. The van der Waals surface area contributed by atoms with Crippen LogP contribution in [-0.2, 0) is 9.53 Å². The minimum absolute atomic E-state index is 0.0278. The van der Waals surface area contributed by atoms with Crippen LogP contribution in [0.15, 0.2) is 0 Å². The van der Waals surface area contributed by atoms with E-state index in [1.807, 2.05) is 6.92 Å². The highest BCUT2D eigenvalue weighted by Crippen LogP contribution is 2.10. The Bertz CT molecular complexity index is 110. The molecule has 1 saturated heterocycles. The van der Waals surface area contributed by atoms with E-state index in [0.717, 1.165) is 13.0 Å². The normalized spacial score (nSPS) is 27.9. The summed E-state index contributed by atoms with van der Waals surface area (Å²) >= 11 is 0. The standard InChI is InChI=1S/C7H13NO2/c1-6(10-5-9)7-3-2-4-8-7/h5-8H,2-4H2,1H3. The van der Waals surface area contributed by atoms with Crippen molar-refractivity contribution in [2.45, 2.75) is 31.9 Å². The van der Waals surface area contributed by atoms with Gasteiger partial charge in [-0.25, -0.2) is 0 Å². The Balaban J connectivity index is 2.24. The van der Waals surface area contributed by atoms with E-state index in [4.69, 9.17) is 4.74 Å². The molecule has 0 spiro atoms. The fourth-order valence-corrected chi connectivity index (χ4v) is 1.29. The number of carbonyl (C=O) groups is 1. The molecule has 58 valence electrons. The van der Waals surface area contributed by atoms with Gasteiger partial charge in [0.05, 0.1) is 0 Å². The van der Waals surface area contributed by atoms with Gasteiger partial charge in [-0.15, -0.1) is 0 Å². The van der Waals surface area contributed by atoms with Crippen molar-refractivity contribution in [3.05, 3.63) is 0 Å². The van der Waals surface area contributed by atoms with Gasteiger partial charge in [0.1, 0.15) is 6.10 Å². The lowest BCUT2D eigenvalue weighted by molar-refractivity contribution is -0.133. The van der Waals surface area contributed by atoms with Crippen molar-refractivity contribution in [3.63, 3.8) is 0 Å². The molecule has 0 saturated carbocycles. The first-order chi connectivity index (χ1) is 4.84. The summed E-state index contributed by atoms with van der Waals surface area (Å²) in [4.78, 5) is 9.92. The monoisotopic (exact) mass is 143 g/mol. The van der Waals surface area contributed by atoms with Crippen molar-refractivity contribution in [1.29, 1.82) is 0 Å². The van der Waals surface area contributed by atoms with Crippen LogP contribution >= 0.6 is 0 Å². The summed E-state index contributed by atoms with van der Waals surface area (Å²) in [6.07, 6.45) is 2.34. The van der Waals surface area contributed by atoms with Gasteiger partial charge in [0.25, 0.3) is 6.47 Å². The third-order valence-corrected chi connectivity index (χ3v) is 1.94. The Morgan fingerprint density at radius 2 is 2.60 bits per heavy atom. The predicted molar refractivity (Wildman–Crippen MR) is 37.6 cm³/mol. The second kappa shape index (κ2) is 3.56. The lowest BCUT2D eigenvalue weighted by Crippen LogP contribution is -2.34. The highest BCUT2D eigenvalue weighted by atomic mass is 16.5. The van der Waals surface area contributed by atoms with Crippen molar-refractivity contribution < 1.29 is 9.53 Å². The van der Waals surface area contributed by atoms with Gasteiger partial charge in [-0.2, -0.15) is 0 Å². The molecule has 1 aliphatic rings. The second-order valence-corrected chi connectivity index (χ2v) is 2.64. The first kappa shape index (κ1) is 7.54. The minimum atomic E-state index is 0.0278. The molecule has 0 bridgehead atoms. The van der Waals surface area contributed by atoms with Gasteiger partial charge in [0.15, 0.2) is 0 Å². The first-order valence-corrected chi connectivity index (χ1v) is 3.67. The summed E-state index contributed by atoms with van der Waals surface area (Å²) < 4.78 is 4.78. The second-order valence-electron chi connectivity index (χ2n) is 2.64. The largest absolute Gasteiger partial charge is 0.463 e. The summed E-state index contributed by atoms with van der Waals surface area (Å²) in [6.45, 7) is 3.49. The average molecular weight is 143 g/mol. The van der Waals surface area contributed by atoms with Gasteiger partial charge in [-0.1, -0.05) is 0 Å². The van der Waals surface area contributed by atoms with Crippen molar-refractivity contribution in [3.8, 4) is 0 Å². The molecule has 0 aromatic heterocycles. The third kappa shape index (κ3) is 1.70. The lowest BCUT2D eigenvalue weighted by atomic mass is 10.1. The third-order valence-electron chi connectivity index (χ3n) is 1.94. The molecule has 2 atom stereocenters. The summed E-state index contributed by atoms with van der Waals surface area (Å²) in [6, 6.07) is 0.380. The SMILES string of the molecule is CC(OC=O)C1CCCN1. The number of ether oxygens (including phenoxy) is 1. The lowest BCUT2D eigenvalue weighted by Gasteiger charge is -2.16. The topological polar surface area (TPSA) is 38.3 Å². The van der Waals surface area contributed by atoms with Crippen molar-refractivity contribution in [1.82, 2.24) is 5.32 Å². The molecule has 0 amide bonds. The molecule has 10 heavy (non-hydrogen) atoms. The van der Waals surface area contributed by atoms with Crippen LogP contribution in [0, 0.1) is 0 Å². The highest BCUT2D eigenvalue weighted by Gasteiger charge is 2.21. The van der Waals surface area contributed by atoms with E-state index in [9.17, 15) is 4.79 Å². The molecular formula is C7H13NO2. The molecule has 3 heteroatoms. The van der Waals surface area contributed by atoms with E-state index >= 15 is 0 Å². The van der Waals surface area contributed by atoms with Crippen molar-refractivity contribution in [2.24, 2.45) is 0 Å². The zero-order valence-corrected chi connectivity index (χ0v) is 6.17. The van der Waals surface area contributed by atoms with Crippen molar-refractivity contribution >= 4 is 6.47 Å². The molecule has 1 N–H and O–H groups in total. The smallest absolute Gasteiger partial charge is 0.293 e. The molecule has 1 rings (SSSR count). The van der Waals surface area contributed by atoms with E-state index in [1.165, 1.54) is 6.42 Å². The van der Waals surface area contributed by atoms with E-state index in [2.05, 4.69) is 5.32 Å². The predicted octanol–water partition coefficient (Wildman–Crippen LogP) is 0.300. The van der Waals surface area contributed by atoms with E-state index in [1.54, 1.807) is 0 Å². The van der Waals surface area contributed by atoms with Crippen LogP contribution in [0.1, 0.15) is 19.8 Å². The number of hydrogen-bond donors (Lipinski definition) is 1. The Morgan fingerprint density at radius 3 is 3.10 bits per heavy atom. The Labute approximate surface area is 60.7 Å². The maximum Gasteiger partial charge on any atom is 0.293 e. The number of nitrogens with one attached hydrogen (secondary N) is 1. The highest BCUT2D eigenvalue weighted by molar-refractivity contribution is 5.37. The molecule has 0 radical (unpaired) electrons. The molecule has 2 unspecified atom stereocenters. The van der Waals surface area contributed by atoms with Crippen LogP contribution in [0.2, 0.25) is 0 Å². The van der Waals surface area contributed by atoms with Crippen LogP contribution in [0.3, 0.4) is 0 Å². The molecule has 0 aromatic rings. The van der Waals surface area contributed by atoms with E-state index in [-0.39, 0.29) is 6.10 Å². The molecule has 1 heterocycles. The summed E-state index contributed by atoms with van der Waals surface area (Å²) in [5.41, 5.74) is 0. The molecule has 0 aliphatic carbocycles. The van der Waals surface area contributed by atoms with E-state index < -0.39 is 0 Å². The molecular weight excluding hydrogens is 130 g/mol. The van der Waals surface area contributed by atoms with Gasteiger partial charge < -0.3 is 10.1 Å².